The normalized spacial score (nSPS) is 22.4. The molecule has 1 spiro atoms. The number of para-hydroxylation sites is 1. The van der Waals surface area contributed by atoms with Gasteiger partial charge in [0.2, 0.25) is 11.8 Å². The Balaban J connectivity index is 1.40. The van der Waals surface area contributed by atoms with Crippen molar-refractivity contribution in [2.75, 3.05) is 39.3 Å². The van der Waals surface area contributed by atoms with Gasteiger partial charge in [-0.2, -0.15) is 0 Å². The number of fused-ring (bicyclic) bond motifs is 1. The van der Waals surface area contributed by atoms with E-state index in [0.717, 1.165) is 63.2 Å². The summed E-state index contributed by atoms with van der Waals surface area (Å²) >= 11 is 0. The van der Waals surface area contributed by atoms with Crippen molar-refractivity contribution in [3.63, 3.8) is 0 Å². The lowest BCUT2D eigenvalue weighted by Crippen LogP contribution is -2.55. The number of hydrogen-bond acceptors (Lipinski definition) is 4. The minimum absolute atomic E-state index is 0.0865. The fourth-order valence-corrected chi connectivity index (χ4v) is 4.82. The van der Waals surface area contributed by atoms with E-state index in [9.17, 15) is 9.59 Å². The van der Waals surface area contributed by atoms with Crippen LogP contribution in [0.4, 0.5) is 0 Å². The van der Waals surface area contributed by atoms with Crippen LogP contribution in [0.2, 0.25) is 0 Å². The Labute approximate surface area is 173 Å². The molecule has 2 amide bonds. The maximum absolute atomic E-state index is 12.7. The molecule has 0 unspecified atom stereocenters. The Bertz CT molecular complexity index is 735. The van der Waals surface area contributed by atoms with Crippen molar-refractivity contribution >= 4 is 11.8 Å². The summed E-state index contributed by atoms with van der Waals surface area (Å²) in [5.41, 5.74) is 0.707. The second kappa shape index (κ2) is 8.74. The maximum Gasteiger partial charge on any atom is 0.236 e. The van der Waals surface area contributed by atoms with E-state index < -0.39 is 0 Å². The van der Waals surface area contributed by atoms with Crippen molar-refractivity contribution in [1.82, 2.24) is 14.7 Å². The molecule has 0 radical (unpaired) electrons. The van der Waals surface area contributed by atoms with Gasteiger partial charge in [0.15, 0.2) is 0 Å². The van der Waals surface area contributed by atoms with Crippen LogP contribution in [0.1, 0.15) is 51.0 Å². The molecule has 29 heavy (non-hydrogen) atoms. The minimum Gasteiger partial charge on any atom is -0.485 e. The fourth-order valence-electron chi connectivity index (χ4n) is 4.82. The molecule has 3 heterocycles. The molecular weight excluding hydrogens is 366 g/mol. The molecule has 6 heteroatoms. The molecule has 0 N–H and O–H groups in total. The zero-order valence-corrected chi connectivity index (χ0v) is 17.6. The first kappa shape index (κ1) is 20.2. The first-order valence-corrected chi connectivity index (χ1v) is 11.1. The predicted molar refractivity (Wildman–Crippen MR) is 112 cm³/mol. The average molecular weight is 400 g/mol. The molecular formula is C23H33N3O3. The zero-order valence-electron chi connectivity index (χ0n) is 17.6. The summed E-state index contributed by atoms with van der Waals surface area (Å²) < 4.78 is 6.54. The van der Waals surface area contributed by atoms with Crippen LogP contribution in [0.3, 0.4) is 0 Å². The number of carbonyl (C=O) groups is 2. The van der Waals surface area contributed by atoms with Crippen LogP contribution in [0, 0.1) is 0 Å². The van der Waals surface area contributed by atoms with Gasteiger partial charge in [-0.15, -0.1) is 0 Å². The number of hydrogen-bond donors (Lipinski definition) is 0. The number of amides is 2. The van der Waals surface area contributed by atoms with Crippen molar-refractivity contribution in [1.29, 1.82) is 0 Å². The van der Waals surface area contributed by atoms with Gasteiger partial charge in [0, 0.05) is 58.1 Å². The lowest BCUT2D eigenvalue weighted by atomic mass is 9.90. The molecule has 2 fully saturated rings. The largest absolute Gasteiger partial charge is 0.485 e. The van der Waals surface area contributed by atoms with Gasteiger partial charge >= 0.3 is 0 Å². The predicted octanol–water partition coefficient (Wildman–Crippen LogP) is 2.66. The van der Waals surface area contributed by atoms with Crippen LogP contribution in [-0.4, -0.2) is 71.4 Å². The van der Waals surface area contributed by atoms with Crippen LogP contribution >= 0.6 is 0 Å². The number of ether oxygens (including phenoxy) is 1. The summed E-state index contributed by atoms with van der Waals surface area (Å²) in [4.78, 5) is 31.2. The maximum atomic E-state index is 12.7. The lowest BCUT2D eigenvalue weighted by Gasteiger charge is -2.42. The number of carbonyl (C=O) groups excluding carboxylic acids is 2. The highest BCUT2D eigenvalue weighted by atomic mass is 16.5. The number of likely N-dealkylation sites (tertiary alicyclic amines) is 2. The van der Waals surface area contributed by atoms with E-state index >= 15 is 0 Å². The third kappa shape index (κ3) is 4.74. The van der Waals surface area contributed by atoms with Gasteiger partial charge in [-0.1, -0.05) is 31.0 Å². The lowest BCUT2D eigenvalue weighted by molar-refractivity contribution is -0.134. The van der Waals surface area contributed by atoms with Gasteiger partial charge in [0.05, 0.1) is 13.1 Å². The van der Waals surface area contributed by atoms with E-state index in [-0.39, 0.29) is 17.4 Å². The molecule has 0 aliphatic carbocycles. The molecule has 1 aromatic rings. The first-order valence-electron chi connectivity index (χ1n) is 11.1. The number of nitrogens with zero attached hydrogens (tertiary/aromatic N) is 3. The quantitative estimate of drug-likeness (QED) is 0.767. The van der Waals surface area contributed by atoms with Gasteiger partial charge in [-0.3, -0.25) is 14.5 Å². The highest BCUT2D eigenvalue weighted by Gasteiger charge is 2.41. The van der Waals surface area contributed by atoms with Crippen molar-refractivity contribution in [3.05, 3.63) is 29.8 Å². The molecule has 0 aromatic heterocycles. The Morgan fingerprint density at radius 1 is 0.966 bits per heavy atom. The zero-order chi connectivity index (χ0) is 20.3. The Morgan fingerprint density at radius 2 is 1.66 bits per heavy atom. The van der Waals surface area contributed by atoms with Gasteiger partial charge in [0.1, 0.15) is 11.4 Å². The minimum atomic E-state index is -0.361. The fraction of sp³-hybridized carbons (Fsp3) is 0.652. The Kier molecular flexibility index (Phi) is 6.09. The van der Waals surface area contributed by atoms with Gasteiger partial charge in [0.25, 0.3) is 0 Å². The first-order chi connectivity index (χ1) is 14.0. The third-order valence-corrected chi connectivity index (χ3v) is 6.67. The van der Waals surface area contributed by atoms with E-state index in [1.807, 2.05) is 34.1 Å². The molecule has 2 saturated heterocycles. The van der Waals surface area contributed by atoms with Crippen molar-refractivity contribution < 1.29 is 14.3 Å². The van der Waals surface area contributed by atoms with Crippen LogP contribution in [0.25, 0.3) is 0 Å². The third-order valence-electron chi connectivity index (χ3n) is 6.67. The Morgan fingerprint density at radius 3 is 2.34 bits per heavy atom. The Hall–Kier alpha value is -2.08. The molecule has 3 aliphatic heterocycles. The van der Waals surface area contributed by atoms with Crippen molar-refractivity contribution in [2.45, 2.75) is 57.6 Å². The van der Waals surface area contributed by atoms with Crippen molar-refractivity contribution in [2.24, 2.45) is 0 Å². The summed E-state index contributed by atoms with van der Waals surface area (Å²) in [7, 11) is 0. The summed E-state index contributed by atoms with van der Waals surface area (Å²) in [6.07, 6.45) is 6.39. The molecule has 3 aliphatic rings. The molecule has 4 rings (SSSR count). The molecule has 6 nitrogen and oxygen atoms in total. The van der Waals surface area contributed by atoms with Crippen LogP contribution in [-0.2, 0) is 16.1 Å². The highest BCUT2D eigenvalue weighted by Crippen LogP contribution is 2.35. The molecule has 0 bridgehead atoms. The standard InChI is InChI=1S/C23H33N3O3/c1-19(27)26-16-20-8-4-5-9-21(20)29-23(18-26)10-14-24(15-11-23)17-22(28)25-12-6-2-3-7-13-25/h4-5,8-9H,2-3,6-7,10-18H2,1H3. The number of benzene rings is 1. The van der Waals surface area contributed by atoms with Gasteiger partial charge < -0.3 is 14.5 Å². The van der Waals surface area contributed by atoms with Gasteiger partial charge in [-0.05, 0) is 18.9 Å². The topological polar surface area (TPSA) is 53.1 Å². The number of piperidine rings is 1. The molecule has 1 aromatic carbocycles. The molecule has 158 valence electrons. The summed E-state index contributed by atoms with van der Waals surface area (Å²) in [5, 5.41) is 0. The van der Waals surface area contributed by atoms with Crippen LogP contribution < -0.4 is 4.74 Å². The van der Waals surface area contributed by atoms with E-state index in [4.69, 9.17) is 4.74 Å². The SMILES string of the molecule is CC(=O)N1Cc2ccccc2OC2(CCN(CC(=O)N3CCCCCC3)CC2)C1. The summed E-state index contributed by atoms with van der Waals surface area (Å²) in [6, 6.07) is 8.04. The monoisotopic (exact) mass is 399 g/mol. The second-order valence-corrected chi connectivity index (χ2v) is 8.84. The van der Waals surface area contributed by atoms with E-state index in [2.05, 4.69) is 4.90 Å². The van der Waals surface area contributed by atoms with E-state index in [1.54, 1.807) is 6.92 Å². The second-order valence-electron chi connectivity index (χ2n) is 8.84. The summed E-state index contributed by atoms with van der Waals surface area (Å²) in [6.45, 7) is 6.82. The molecule has 0 saturated carbocycles. The summed E-state index contributed by atoms with van der Waals surface area (Å²) in [5.74, 6) is 1.24. The van der Waals surface area contributed by atoms with Crippen LogP contribution in [0.5, 0.6) is 5.75 Å². The van der Waals surface area contributed by atoms with E-state index in [1.165, 1.54) is 12.8 Å². The van der Waals surface area contributed by atoms with Crippen molar-refractivity contribution in [3.8, 4) is 5.75 Å². The van der Waals surface area contributed by atoms with Crippen LogP contribution in [0.15, 0.2) is 24.3 Å². The van der Waals surface area contributed by atoms with Gasteiger partial charge in [-0.25, -0.2) is 0 Å². The highest BCUT2D eigenvalue weighted by molar-refractivity contribution is 5.78. The molecule has 0 atom stereocenters. The van der Waals surface area contributed by atoms with E-state index in [0.29, 0.717) is 19.6 Å². The smallest absolute Gasteiger partial charge is 0.236 e. The average Bonchev–Trinajstić information content (AvgIpc) is 3.08. The number of rotatable bonds is 2.